The first-order chi connectivity index (χ1) is 8.02. The zero-order chi connectivity index (χ0) is 12.5. The maximum atomic E-state index is 12.5. The van der Waals surface area contributed by atoms with E-state index in [2.05, 4.69) is 4.98 Å². The van der Waals surface area contributed by atoms with E-state index in [1.54, 1.807) is 0 Å². The van der Waals surface area contributed by atoms with Crippen molar-refractivity contribution in [3.63, 3.8) is 0 Å². The monoisotopic (exact) mass is 267 g/mol. The Hall–Kier alpha value is -0.710. The van der Waals surface area contributed by atoms with Crippen LogP contribution in [0.3, 0.4) is 0 Å². The molecule has 6 heteroatoms. The van der Waals surface area contributed by atoms with E-state index in [0.717, 1.165) is 0 Å². The van der Waals surface area contributed by atoms with E-state index >= 15 is 0 Å². The van der Waals surface area contributed by atoms with Gasteiger partial charge in [-0.1, -0.05) is 0 Å². The highest BCUT2D eigenvalue weighted by molar-refractivity contribution is 6.16. The predicted octanol–water partition coefficient (Wildman–Crippen LogP) is 4.25. The molecule has 1 aromatic rings. The van der Waals surface area contributed by atoms with Gasteiger partial charge < -0.3 is 4.42 Å². The largest absolute Gasteiger partial charge is 0.448 e. The van der Waals surface area contributed by atoms with Crippen LogP contribution in [0.2, 0.25) is 0 Å². The van der Waals surface area contributed by atoms with Crippen molar-refractivity contribution < 1.29 is 17.6 Å². The number of oxazole rings is 1. The number of halogens is 4. The Morgan fingerprint density at radius 2 is 1.94 bits per heavy atom. The van der Waals surface area contributed by atoms with Crippen LogP contribution < -0.4 is 0 Å². The molecule has 0 amide bonds. The summed E-state index contributed by atoms with van der Waals surface area (Å²) in [4.78, 5) is 3.96. The first kappa shape index (κ1) is 12.7. The third kappa shape index (κ3) is 2.76. The van der Waals surface area contributed by atoms with Gasteiger partial charge in [-0.15, -0.1) is 11.6 Å². The van der Waals surface area contributed by atoms with Gasteiger partial charge >= 0.3 is 6.18 Å². The minimum absolute atomic E-state index is 0.0323. The Bertz CT molecular complexity index is 369. The van der Waals surface area contributed by atoms with Crippen LogP contribution in [0.5, 0.6) is 0 Å². The van der Waals surface area contributed by atoms with Gasteiger partial charge in [-0.2, -0.15) is 13.2 Å². The highest BCUT2D eigenvalue weighted by Crippen LogP contribution is 2.43. The van der Waals surface area contributed by atoms with E-state index in [9.17, 15) is 13.2 Å². The zero-order valence-electron chi connectivity index (χ0n) is 9.13. The van der Waals surface area contributed by atoms with E-state index in [4.69, 9.17) is 16.0 Å². The average Bonchev–Trinajstić information content (AvgIpc) is 2.76. The summed E-state index contributed by atoms with van der Waals surface area (Å²) < 4.78 is 42.7. The van der Waals surface area contributed by atoms with Crippen LogP contribution in [0.4, 0.5) is 13.2 Å². The summed E-state index contributed by atoms with van der Waals surface area (Å²) in [5.41, 5.74) is 0.655. The number of hydrogen-bond acceptors (Lipinski definition) is 2. The van der Waals surface area contributed by atoms with E-state index in [1.165, 1.54) is 6.39 Å². The lowest BCUT2D eigenvalue weighted by molar-refractivity contribution is -0.182. The molecule has 1 aliphatic carbocycles. The summed E-state index contributed by atoms with van der Waals surface area (Å²) in [6.07, 6.45) is -1.45. The van der Waals surface area contributed by atoms with Gasteiger partial charge in [0.25, 0.3) is 0 Å². The topological polar surface area (TPSA) is 26.0 Å². The summed E-state index contributed by atoms with van der Waals surface area (Å²) in [5, 5.41) is 0. The summed E-state index contributed by atoms with van der Waals surface area (Å²) in [6, 6.07) is 0. The zero-order valence-corrected chi connectivity index (χ0v) is 9.89. The van der Waals surface area contributed by atoms with Gasteiger partial charge in [0.15, 0.2) is 6.39 Å². The number of aromatic nitrogens is 1. The summed E-state index contributed by atoms with van der Waals surface area (Å²) in [5.74, 6) is -0.225. The van der Waals surface area contributed by atoms with Crippen molar-refractivity contribution in [1.82, 2.24) is 4.98 Å². The lowest BCUT2D eigenvalue weighted by atomic mass is 9.80. The molecule has 2 nitrogen and oxygen atoms in total. The van der Waals surface area contributed by atoms with Gasteiger partial charge in [0, 0.05) is 5.92 Å². The summed E-state index contributed by atoms with van der Waals surface area (Å²) in [7, 11) is 0. The van der Waals surface area contributed by atoms with Crippen molar-refractivity contribution in [3.8, 4) is 0 Å². The number of rotatable bonds is 2. The van der Waals surface area contributed by atoms with Crippen molar-refractivity contribution in [2.45, 2.75) is 43.7 Å². The van der Waals surface area contributed by atoms with Crippen molar-refractivity contribution in [1.29, 1.82) is 0 Å². The molecule has 0 spiro atoms. The molecular formula is C11H13ClF3NO. The van der Waals surface area contributed by atoms with E-state index in [-0.39, 0.29) is 24.6 Å². The van der Waals surface area contributed by atoms with Gasteiger partial charge in [-0.05, 0) is 25.7 Å². The summed E-state index contributed by atoms with van der Waals surface area (Å²) in [6.45, 7) is 0. The van der Waals surface area contributed by atoms with Crippen LogP contribution in [-0.4, -0.2) is 11.2 Å². The molecule has 1 saturated carbocycles. The van der Waals surface area contributed by atoms with Crippen molar-refractivity contribution in [2.24, 2.45) is 5.92 Å². The molecule has 2 rings (SSSR count). The fourth-order valence-corrected chi connectivity index (χ4v) is 2.59. The smallest absolute Gasteiger partial charge is 0.391 e. The minimum Gasteiger partial charge on any atom is -0.448 e. The molecule has 0 aromatic carbocycles. The van der Waals surface area contributed by atoms with Gasteiger partial charge in [0.05, 0.1) is 17.5 Å². The lowest BCUT2D eigenvalue weighted by Gasteiger charge is -2.28. The number of nitrogens with zero attached hydrogens (tertiary/aromatic N) is 1. The first-order valence-corrected chi connectivity index (χ1v) is 6.10. The molecule has 0 aliphatic heterocycles. The Morgan fingerprint density at radius 1 is 1.29 bits per heavy atom. The molecular weight excluding hydrogens is 255 g/mol. The fraction of sp³-hybridized carbons (Fsp3) is 0.727. The molecule has 1 aromatic heterocycles. The highest BCUT2D eigenvalue weighted by atomic mass is 35.5. The molecule has 0 N–H and O–H groups in total. The number of hydrogen-bond donors (Lipinski definition) is 0. The second-order valence-corrected chi connectivity index (χ2v) is 4.65. The predicted molar refractivity (Wildman–Crippen MR) is 56.8 cm³/mol. The molecule has 0 atom stereocenters. The molecule has 1 fully saturated rings. The molecule has 1 heterocycles. The maximum Gasteiger partial charge on any atom is 0.391 e. The Morgan fingerprint density at radius 3 is 2.47 bits per heavy atom. The Balaban J connectivity index is 2.00. The maximum absolute atomic E-state index is 12.5. The van der Waals surface area contributed by atoms with Gasteiger partial charge in [-0.25, -0.2) is 4.98 Å². The van der Waals surface area contributed by atoms with Crippen LogP contribution >= 0.6 is 11.6 Å². The third-order valence-corrected chi connectivity index (χ3v) is 3.61. The quantitative estimate of drug-likeness (QED) is 0.749. The molecule has 1 aliphatic rings. The van der Waals surface area contributed by atoms with Crippen molar-refractivity contribution in [3.05, 3.63) is 17.8 Å². The van der Waals surface area contributed by atoms with Crippen LogP contribution in [0.15, 0.2) is 10.8 Å². The van der Waals surface area contributed by atoms with Crippen LogP contribution in [-0.2, 0) is 5.88 Å². The van der Waals surface area contributed by atoms with Crippen molar-refractivity contribution in [2.75, 3.05) is 0 Å². The lowest BCUT2D eigenvalue weighted by Crippen LogP contribution is -2.27. The fourth-order valence-electron chi connectivity index (χ4n) is 2.39. The second kappa shape index (κ2) is 4.88. The molecule has 0 bridgehead atoms. The van der Waals surface area contributed by atoms with Crippen LogP contribution in [0.1, 0.15) is 43.1 Å². The molecule has 17 heavy (non-hydrogen) atoms. The molecule has 96 valence electrons. The Labute approximate surface area is 102 Å². The van der Waals surface area contributed by atoms with Crippen LogP contribution in [0.25, 0.3) is 0 Å². The van der Waals surface area contributed by atoms with Crippen LogP contribution in [0, 0.1) is 5.92 Å². The molecule has 0 saturated heterocycles. The van der Waals surface area contributed by atoms with Gasteiger partial charge in [0.2, 0.25) is 0 Å². The van der Waals surface area contributed by atoms with Gasteiger partial charge in [-0.3, -0.25) is 0 Å². The SMILES string of the molecule is FC(F)(F)C1CCC(c2ocnc2CCl)CC1. The van der Waals surface area contributed by atoms with E-state index in [0.29, 0.717) is 24.3 Å². The minimum atomic E-state index is -4.07. The van der Waals surface area contributed by atoms with Gasteiger partial charge in [0.1, 0.15) is 5.76 Å². The van der Waals surface area contributed by atoms with E-state index < -0.39 is 12.1 Å². The number of alkyl halides is 4. The van der Waals surface area contributed by atoms with E-state index in [1.807, 2.05) is 0 Å². The highest BCUT2D eigenvalue weighted by Gasteiger charge is 2.42. The average molecular weight is 268 g/mol. The molecule has 0 unspecified atom stereocenters. The third-order valence-electron chi connectivity index (χ3n) is 3.36. The standard InChI is InChI=1S/C11H13ClF3NO/c12-5-9-10(17-6-16-9)7-1-3-8(4-2-7)11(13,14)15/h6-8H,1-5H2. The Kier molecular flexibility index (Phi) is 3.66. The normalized spacial score (nSPS) is 26.1. The summed E-state index contributed by atoms with van der Waals surface area (Å²) >= 11 is 5.69. The molecule has 0 radical (unpaired) electrons. The van der Waals surface area contributed by atoms with Crippen molar-refractivity contribution >= 4 is 11.6 Å². The first-order valence-electron chi connectivity index (χ1n) is 5.57. The second-order valence-electron chi connectivity index (χ2n) is 4.39.